The van der Waals surface area contributed by atoms with E-state index in [1.165, 1.54) is 0 Å². The van der Waals surface area contributed by atoms with Crippen LogP contribution in [-0.4, -0.2) is 61.3 Å². The van der Waals surface area contributed by atoms with E-state index in [9.17, 15) is 0 Å². The molecule has 2 atom stereocenters. The molecule has 0 bridgehead atoms. The predicted molar refractivity (Wildman–Crippen MR) is 68.8 cm³/mol. The molecule has 0 radical (unpaired) electrons. The van der Waals surface area contributed by atoms with Crippen LogP contribution in [0.3, 0.4) is 0 Å². The van der Waals surface area contributed by atoms with Crippen molar-refractivity contribution in [2.45, 2.75) is 39.3 Å². The van der Waals surface area contributed by atoms with Crippen molar-refractivity contribution in [1.82, 2.24) is 9.80 Å². The fourth-order valence-corrected chi connectivity index (χ4v) is 2.34. The van der Waals surface area contributed by atoms with Crippen LogP contribution in [-0.2, 0) is 4.74 Å². The zero-order valence-corrected chi connectivity index (χ0v) is 11.4. The molecule has 0 spiro atoms. The van der Waals surface area contributed by atoms with Gasteiger partial charge >= 0.3 is 0 Å². The summed E-state index contributed by atoms with van der Waals surface area (Å²) >= 11 is 0. The molecule has 17 heavy (non-hydrogen) atoms. The largest absolute Gasteiger partial charge is 0.380 e. The SMILES string of the molecule is CCOCCN1CCN(C(C)CC#N)CC1C. The molecular formula is C13H25N3O. The van der Waals surface area contributed by atoms with Crippen LogP contribution in [0.4, 0.5) is 0 Å². The van der Waals surface area contributed by atoms with Gasteiger partial charge in [-0.25, -0.2) is 0 Å². The van der Waals surface area contributed by atoms with E-state index in [1.807, 2.05) is 6.92 Å². The monoisotopic (exact) mass is 239 g/mol. The molecule has 1 rings (SSSR count). The Labute approximate surface area is 105 Å². The average molecular weight is 239 g/mol. The van der Waals surface area contributed by atoms with Gasteiger partial charge in [-0.1, -0.05) is 0 Å². The van der Waals surface area contributed by atoms with Crippen molar-refractivity contribution >= 4 is 0 Å². The highest BCUT2D eigenvalue weighted by Crippen LogP contribution is 2.13. The molecule has 4 nitrogen and oxygen atoms in total. The number of hydrogen-bond acceptors (Lipinski definition) is 4. The summed E-state index contributed by atoms with van der Waals surface area (Å²) in [6, 6.07) is 3.20. The van der Waals surface area contributed by atoms with E-state index < -0.39 is 0 Å². The van der Waals surface area contributed by atoms with Gasteiger partial charge < -0.3 is 4.74 Å². The standard InChI is InChI=1S/C13H25N3O/c1-4-17-10-9-15-7-8-16(11-13(15)3)12(2)5-6-14/h12-13H,4-5,7-11H2,1-3H3. The van der Waals surface area contributed by atoms with Crippen LogP contribution in [0.2, 0.25) is 0 Å². The predicted octanol–water partition coefficient (Wildman–Crippen LogP) is 1.33. The summed E-state index contributed by atoms with van der Waals surface area (Å²) in [6.07, 6.45) is 0.631. The summed E-state index contributed by atoms with van der Waals surface area (Å²) in [7, 11) is 0. The van der Waals surface area contributed by atoms with Gasteiger partial charge in [-0.3, -0.25) is 9.80 Å². The summed E-state index contributed by atoms with van der Waals surface area (Å²) in [5, 5.41) is 8.72. The first-order valence-corrected chi connectivity index (χ1v) is 6.61. The number of hydrogen-bond donors (Lipinski definition) is 0. The van der Waals surface area contributed by atoms with Gasteiger partial charge in [0.1, 0.15) is 0 Å². The second kappa shape index (κ2) is 7.65. The third-order valence-electron chi connectivity index (χ3n) is 3.53. The molecular weight excluding hydrogens is 214 g/mol. The number of rotatable bonds is 6. The molecule has 1 saturated heterocycles. The highest BCUT2D eigenvalue weighted by molar-refractivity contribution is 4.86. The molecule has 1 fully saturated rings. The summed E-state index contributed by atoms with van der Waals surface area (Å²) in [5.41, 5.74) is 0. The van der Waals surface area contributed by atoms with Gasteiger partial charge in [0.25, 0.3) is 0 Å². The lowest BCUT2D eigenvalue weighted by Crippen LogP contribution is -2.54. The number of nitriles is 1. The Morgan fingerprint density at radius 3 is 2.82 bits per heavy atom. The van der Waals surface area contributed by atoms with Crippen molar-refractivity contribution < 1.29 is 4.74 Å². The Balaban J connectivity index is 2.31. The van der Waals surface area contributed by atoms with Crippen LogP contribution >= 0.6 is 0 Å². The van der Waals surface area contributed by atoms with Crippen LogP contribution in [0, 0.1) is 11.3 Å². The van der Waals surface area contributed by atoms with Crippen molar-refractivity contribution in [3.63, 3.8) is 0 Å². The number of piperazine rings is 1. The minimum absolute atomic E-state index is 0.386. The van der Waals surface area contributed by atoms with Crippen LogP contribution in [0.15, 0.2) is 0 Å². The normalized spacial score (nSPS) is 24.5. The van der Waals surface area contributed by atoms with E-state index in [1.54, 1.807) is 0 Å². The van der Waals surface area contributed by atoms with Crippen molar-refractivity contribution in [3.05, 3.63) is 0 Å². The van der Waals surface area contributed by atoms with E-state index in [0.717, 1.165) is 39.4 Å². The minimum atomic E-state index is 0.386. The Morgan fingerprint density at radius 1 is 1.47 bits per heavy atom. The maximum Gasteiger partial charge on any atom is 0.0638 e. The van der Waals surface area contributed by atoms with Crippen LogP contribution < -0.4 is 0 Å². The highest BCUT2D eigenvalue weighted by atomic mass is 16.5. The molecule has 4 heteroatoms. The highest BCUT2D eigenvalue weighted by Gasteiger charge is 2.25. The lowest BCUT2D eigenvalue weighted by Gasteiger charge is -2.42. The van der Waals surface area contributed by atoms with Gasteiger partial charge in [0.15, 0.2) is 0 Å². The van der Waals surface area contributed by atoms with Crippen molar-refractivity contribution in [1.29, 1.82) is 5.26 Å². The maximum atomic E-state index is 8.72. The minimum Gasteiger partial charge on any atom is -0.380 e. The molecule has 0 saturated carbocycles. The van der Waals surface area contributed by atoms with E-state index in [0.29, 0.717) is 18.5 Å². The molecule has 1 aliphatic rings. The van der Waals surface area contributed by atoms with Gasteiger partial charge in [0, 0.05) is 44.9 Å². The zero-order chi connectivity index (χ0) is 12.7. The smallest absolute Gasteiger partial charge is 0.0638 e. The fourth-order valence-electron chi connectivity index (χ4n) is 2.34. The van der Waals surface area contributed by atoms with Crippen molar-refractivity contribution in [2.75, 3.05) is 39.4 Å². The van der Waals surface area contributed by atoms with Crippen LogP contribution in [0.5, 0.6) is 0 Å². The summed E-state index contributed by atoms with van der Waals surface area (Å²) in [5.74, 6) is 0. The van der Waals surface area contributed by atoms with Gasteiger partial charge in [-0.15, -0.1) is 0 Å². The van der Waals surface area contributed by atoms with E-state index in [-0.39, 0.29) is 0 Å². The van der Waals surface area contributed by atoms with Gasteiger partial charge in [0.05, 0.1) is 19.1 Å². The van der Waals surface area contributed by atoms with E-state index >= 15 is 0 Å². The van der Waals surface area contributed by atoms with Crippen molar-refractivity contribution in [2.24, 2.45) is 0 Å². The first kappa shape index (κ1) is 14.4. The quantitative estimate of drug-likeness (QED) is 0.656. The molecule has 1 aliphatic heterocycles. The van der Waals surface area contributed by atoms with Gasteiger partial charge in [0.2, 0.25) is 0 Å². The Morgan fingerprint density at radius 2 is 2.24 bits per heavy atom. The number of ether oxygens (including phenoxy) is 1. The zero-order valence-electron chi connectivity index (χ0n) is 11.4. The molecule has 98 valence electrons. The van der Waals surface area contributed by atoms with Crippen LogP contribution in [0.25, 0.3) is 0 Å². The lowest BCUT2D eigenvalue weighted by atomic mass is 10.1. The molecule has 0 N–H and O–H groups in total. The second-order valence-electron chi connectivity index (χ2n) is 4.79. The molecule has 0 aliphatic carbocycles. The van der Waals surface area contributed by atoms with Gasteiger partial charge in [-0.2, -0.15) is 5.26 Å². The van der Waals surface area contributed by atoms with E-state index in [2.05, 4.69) is 29.7 Å². The van der Waals surface area contributed by atoms with Crippen LogP contribution in [0.1, 0.15) is 27.2 Å². The topological polar surface area (TPSA) is 39.5 Å². The average Bonchev–Trinajstić information content (AvgIpc) is 2.31. The Bertz CT molecular complexity index is 252. The number of nitrogens with zero attached hydrogens (tertiary/aromatic N) is 3. The summed E-state index contributed by atoms with van der Waals surface area (Å²) in [6.45, 7) is 12.3. The molecule has 0 aromatic heterocycles. The third-order valence-corrected chi connectivity index (χ3v) is 3.53. The molecule has 1 heterocycles. The van der Waals surface area contributed by atoms with Crippen molar-refractivity contribution in [3.8, 4) is 6.07 Å². The summed E-state index contributed by atoms with van der Waals surface area (Å²) < 4.78 is 5.40. The Kier molecular flexibility index (Phi) is 6.49. The second-order valence-corrected chi connectivity index (χ2v) is 4.79. The molecule has 0 aromatic rings. The fraction of sp³-hybridized carbons (Fsp3) is 0.923. The Hall–Kier alpha value is -0.630. The first-order valence-electron chi connectivity index (χ1n) is 6.61. The lowest BCUT2D eigenvalue weighted by molar-refractivity contribution is 0.0360. The molecule has 0 amide bonds. The first-order chi connectivity index (χ1) is 8.19. The maximum absolute atomic E-state index is 8.72. The van der Waals surface area contributed by atoms with Gasteiger partial charge in [-0.05, 0) is 20.8 Å². The van der Waals surface area contributed by atoms with E-state index in [4.69, 9.17) is 10.00 Å². The summed E-state index contributed by atoms with van der Waals surface area (Å²) in [4.78, 5) is 4.90. The third kappa shape index (κ3) is 4.63. The molecule has 0 aromatic carbocycles. The molecule has 2 unspecified atom stereocenters.